The normalized spacial score (nSPS) is 11.1. The summed E-state index contributed by atoms with van der Waals surface area (Å²) in [5.41, 5.74) is 1.38. The van der Waals surface area contributed by atoms with E-state index in [2.05, 4.69) is 25.4 Å². The van der Waals surface area contributed by atoms with Gasteiger partial charge in [0.05, 0.1) is 27.6 Å². The first kappa shape index (κ1) is 18.2. The molecule has 3 aromatic heterocycles. The van der Waals surface area contributed by atoms with Gasteiger partial charge in [-0.25, -0.2) is 14.8 Å². The van der Waals surface area contributed by atoms with Gasteiger partial charge in [-0.15, -0.1) is 0 Å². The quantitative estimate of drug-likeness (QED) is 0.488. The summed E-state index contributed by atoms with van der Waals surface area (Å²) < 4.78 is 6.74. The number of hydrogen-bond donors (Lipinski definition) is 2. The molecular weight excluding hydrogens is 407 g/mol. The highest BCUT2D eigenvalue weighted by molar-refractivity contribution is 6.45. The smallest absolute Gasteiger partial charge is 0.377 e. The lowest BCUT2D eigenvalue weighted by Gasteiger charge is -2.13. The Bertz CT molecular complexity index is 1160. The predicted molar refractivity (Wildman–Crippen MR) is 102 cm³/mol. The summed E-state index contributed by atoms with van der Waals surface area (Å²) in [5, 5.41) is 16.9. The number of hydrogen-bond acceptors (Lipinski definition) is 7. The highest BCUT2D eigenvalue weighted by Crippen LogP contribution is 2.33. The lowest BCUT2D eigenvalue weighted by atomic mass is 10.1. The third-order valence-corrected chi connectivity index (χ3v) is 4.73. The lowest BCUT2D eigenvalue weighted by molar-refractivity contribution is 0.0680. The molecule has 0 spiro atoms. The number of nitrogens with zero attached hydrogens (tertiary/aromatic N) is 5. The molecule has 0 saturated heterocycles. The number of anilines is 1. The van der Waals surface area contributed by atoms with Crippen molar-refractivity contribution in [3.8, 4) is 5.69 Å². The van der Waals surface area contributed by atoms with E-state index in [0.717, 1.165) is 11.1 Å². The Morgan fingerprint density at radius 2 is 2.14 bits per heavy atom. The standard InChI is InChI=1S/C17H12Cl2N6O3/c18-10-2-1-9-11(25-6-5-20-8-25)7-12(22-15(9)14(10)19)21-4-3-13-23-16(17(26)27)24-28-13/h1-2,5-8H,3-4H2,(H,21,22)(H,26,27). The van der Waals surface area contributed by atoms with Gasteiger partial charge in [0.15, 0.2) is 0 Å². The Hall–Kier alpha value is -3.17. The fraction of sp³-hybridized carbons (Fsp3) is 0.118. The lowest BCUT2D eigenvalue weighted by Crippen LogP contribution is -2.08. The number of pyridine rings is 1. The number of aromatic nitrogens is 5. The van der Waals surface area contributed by atoms with E-state index in [1.165, 1.54) is 0 Å². The number of fused-ring (bicyclic) bond motifs is 1. The summed E-state index contributed by atoms with van der Waals surface area (Å²) in [5.74, 6) is -0.849. The zero-order valence-electron chi connectivity index (χ0n) is 14.1. The van der Waals surface area contributed by atoms with E-state index >= 15 is 0 Å². The van der Waals surface area contributed by atoms with Gasteiger partial charge in [0.2, 0.25) is 5.89 Å². The molecule has 0 aliphatic heterocycles. The second kappa shape index (κ2) is 7.45. The largest absolute Gasteiger partial charge is 0.475 e. The molecule has 0 saturated carbocycles. The van der Waals surface area contributed by atoms with Gasteiger partial charge in [0.25, 0.3) is 5.82 Å². The number of nitrogens with one attached hydrogen (secondary N) is 1. The van der Waals surface area contributed by atoms with Gasteiger partial charge < -0.3 is 19.5 Å². The molecule has 4 aromatic rings. The third-order valence-electron chi connectivity index (χ3n) is 3.94. The first-order valence-corrected chi connectivity index (χ1v) is 8.85. The minimum atomic E-state index is -1.24. The highest BCUT2D eigenvalue weighted by Gasteiger charge is 2.14. The van der Waals surface area contributed by atoms with Crippen LogP contribution in [-0.4, -0.2) is 42.3 Å². The Morgan fingerprint density at radius 1 is 1.29 bits per heavy atom. The molecule has 0 bridgehead atoms. The van der Waals surface area contributed by atoms with E-state index < -0.39 is 5.97 Å². The van der Waals surface area contributed by atoms with Gasteiger partial charge in [-0.05, 0) is 17.3 Å². The summed E-state index contributed by atoms with van der Waals surface area (Å²) in [7, 11) is 0. The third kappa shape index (κ3) is 3.49. The van der Waals surface area contributed by atoms with E-state index in [1.54, 1.807) is 18.6 Å². The molecule has 28 heavy (non-hydrogen) atoms. The SMILES string of the molecule is O=C(O)c1noc(CCNc2cc(-n3ccnc3)c3ccc(Cl)c(Cl)c3n2)n1. The van der Waals surface area contributed by atoms with E-state index in [-0.39, 0.29) is 11.7 Å². The van der Waals surface area contributed by atoms with Crippen molar-refractivity contribution < 1.29 is 14.4 Å². The van der Waals surface area contributed by atoms with Crippen molar-refractivity contribution in [2.75, 3.05) is 11.9 Å². The van der Waals surface area contributed by atoms with Crippen molar-refractivity contribution in [3.05, 3.63) is 58.7 Å². The molecule has 0 atom stereocenters. The molecule has 142 valence electrons. The maximum atomic E-state index is 10.8. The van der Waals surface area contributed by atoms with Gasteiger partial charge in [0, 0.05) is 36.8 Å². The molecule has 11 heteroatoms. The number of carboxylic acid groups (broad SMARTS) is 1. The Kier molecular flexibility index (Phi) is 4.84. The minimum Gasteiger partial charge on any atom is -0.475 e. The molecular formula is C17H12Cl2N6O3. The van der Waals surface area contributed by atoms with Crippen molar-refractivity contribution >= 4 is 45.9 Å². The summed E-state index contributed by atoms with van der Waals surface area (Å²) in [6.07, 6.45) is 5.48. The topological polar surface area (TPSA) is 119 Å². The van der Waals surface area contributed by atoms with Crippen LogP contribution in [0.25, 0.3) is 16.6 Å². The van der Waals surface area contributed by atoms with Crippen LogP contribution in [0.15, 0.2) is 41.4 Å². The molecule has 0 aliphatic carbocycles. The monoisotopic (exact) mass is 418 g/mol. The number of halogens is 2. The first-order valence-electron chi connectivity index (χ1n) is 8.10. The summed E-state index contributed by atoms with van der Waals surface area (Å²) in [4.78, 5) is 23.2. The van der Waals surface area contributed by atoms with Gasteiger partial charge in [-0.3, -0.25) is 0 Å². The highest BCUT2D eigenvalue weighted by atomic mass is 35.5. The van der Waals surface area contributed by atoms with E-state index in [4.69, 9.17) is 32.8 Å². The number of rotatable bonds is 6. The van der Waals surface area contributed by atoms with Crippen molar-refractivity contribution in [1.82, 2.24) is 24.7 Å². The average Bonchev–Trinajstić information content (AvgIpc) is 3.36. The van der Waals surface area contributed by atoms with Crippen molar-refractivity contribution in [2.24, 2.45) is 0 Å². The van der Waals surface area contributed by atoms with Crippen LogP contribution >= 0.6 is 23.2 Å². The van der Waals surface area contributed by atoms with Crippen LogP contribution in [0.4, 0.5) is 5.82 Å². The van der Waals surface area contributed by atoms with E-state index in [1.807, 2.05) is 22.9 Å². The Balaban J connectivity index is 1.63. The minimum absolute atomic E-state index is 0.210. The van der Waals surface area contributed by atoms with Crippen LogP contribution in [0.5, 0.6) is 0 Å². The second-order valence-electron chi connectivity index (χ2n) is 5.75. The van der Waals surface area contributed by atoms with Gasteiger partial charge in [-0.1, -0.05) is 23.2 Å². The molecule has 0 fully saturated rings. The van der Waals surface area contributed by atoms with Crippen LogP contribution in [-0.2, 0) is 6.42 Å². The van der Waals surface area contributed by atoms with Crippen LogP contribution in [0.1, 0.15) is 16.5 Å². The van der Waals surface area contributed by atoms with Crippen LogP contribution < -0.4 is 5.32 Å². The first-order chi connectivity index (χ1) is 13.5. The second-order valence-corrected chi connectivity index (χ2v) is 6.53. The van der Waals surface area contributed by atoms with Crippen LogP contribution in [0, 0.1) is 0 Å². The number of aromatic carboxylic acids is 1. The zero-order chi connectivity index (χ0) is 19.7. The molecule has 4 rings (SSSR count). The molecule has 0 amide bonds. The fourth-order valence-electron chi connectivity index (χ4n) is 2.66. The molecule has 9 nitrogen and oxygen atoms in total. The Morgan fingerprint density at radius 3 is 2.86 bits per heavy atom. The van der Waals surface area contributed by atoms with E-state index in [9.17, 15) is 4.79 Å². The van der Waals surface area contributed by atoms with Crippen molar-refractivity contribution in [2.45, 2.75) is 6.42 Å². The van der Waals surface area contributed by atoms with Gasteiger partial charge in [-0.2, -0.15) is 4.98 Å². The zero-order valence-corrected chi connectivity index (χ0v) is 15.6. The molecule has 1 aromatic carbocycles. The average molecular weight is 419 g/mol. The maximum Gasteiger partial charge on any atom is 0.377 e. The predicted octanol–water partition coefficient (Wildman–Crippen LogP) is 3.46. The molecule has 0 unspecified atom stereocenters. The summed E-state index contributed by atoms with van der Waals surface area (Å²) in [6.45, 7) is 0.390. The van der Waals surface area contributed by atoms with Crippen LogP contribution in [0.2, 0.25) is 10.0 Å². The van der Waals surface area contributed by atoms with Gasteiger partial charge in [0.1, 0.15) is 5.82 Å². The number of carbonyl (C=O) groups is 1. The molecule has 3 heterocycles. The fourth-order valence-corrected chi connectivity index (χ4v) is 3.02. The molecule has 2 N–H and O–H groups in total. The van der Waals surface area contributed by atoms with Crippen molar-refractivity contribution in [3.63, 3.8) is 0 Å². The maximum absolute atomic E-state index is 10.8. The molecule has 0 aliphatic rings. The number of carboxylic acids is 1. The summed E-state index contributed by atoms with van der Waals surface area (Å²) >= 11 is 12.5. The number of benzene rings is 1. The van der Waals surface area contributed by atoms with E-state index in [0.29, 0.717) is 34.3 Å². The molecule has 0 radical (unpaired) electrons. The van der Waals surface area contributed by atoms with Crippen molar-refractivity contribution in [1.29, 1.82) is 0 Å². The number of imidazole rings is 1. The Labute approximate surface area is 167 Å². The van der Waals surface area contributed by atoms with Crippen LogP contribution in [0.3, 0.4) is 0 Å². The summed E-state index contributed by atoms with van der Waals surface area (Å²) in [6, 6.07) is 5.42. The van der Waals surface area contributed by atoms with Gasteiger partial charge >= 0.3 is 5.97 Å².